The molecule has 1 nitrogen and oxygen atoms in total. The van der Waals surface area contributed by atoms with Crippen LogP contribution in [-0.4, -0.2) is 18.8 Å². The molecular weight excluding hydrogens is 298 g/mol. The minimum absolute atomic E-state index is 0.523. The molecule has 0 saturated carbocycles. The Bertz CT molecular complexity index is 530. The van der Waals surface area contributed by atoms with E-state index in [0.29, 0.717) is 6.04 Å². The Balaban J connectivity index is 1.74. The highest BCUT2D eigenvalue weighted by Crippen LogP contribution is 2.27. The maximum atomic E-state index is 6.19. The first-order chi connectivity index (χ1) is 10.3. The van der Waals surface area contributed by atoms with E-state index in [1.54, 1.807) is 0 Å². The van der Waals surface area contributed by atoms with Crippen LogP contribution in [0.5, 0.6) is 0 Å². The van der Waals surface area contributed by atoms with Crippen molar-refractivity contribution in [1.82, 2.24) is 5.32 Å². The number of rotatable bonds is 8. The maximum Gasteiger partial charge on any atom is 0.0541 e. The average Bonchev–Trinajstić information content (AvgIpc) is 2.53. The molecule has 0 bridgehead atoms. The fourth-order valence-corrected chi connectivity index (χ4v) is 3.65. The number of nitrogens with one attached hydrogen (secondary N) is 1. The molecule has 2 aromatic carbocycles. The first-order valence-corrected chi connectivity index (χ1v) is 8.74. The molecule has 21 heavy (non-hydrogen) atoms. The number of hydrogen-bond donors (Lipinski definition) is 1. The maximum absolute atomic E-state index is 6.19. The van der Waals surface area contributed by atoms with Gasteiger partial charge in [0.15, 0.2) is 0 Å². The normalized spacial score (nSPS) is 12.3. The summed E-state index contributed by atoms with van der Waals surface area (Å²) < 4.78 is 0. The molecule has 112 valence electrons. The molecule has 1 unspecified atom stereocenters. The van der Waals surface area contributed by atoms with Crippen LogP contribution >= 0.6 is 23.4 Å². The van der Waals surface area contributed by atoms with Crippen LogP contribution in [0.1, 0.15) is 18.4 Å². The topological polar surface area (TPSA) is 12.0 Å². The van der Waals surface area contributed by atoms with Gasteiger partial charge in [-0.15, -0.1) is 11.8 Å². The largest absolute Gasteiger partial charge is 0.316 e. The van der Waals surface area contributed by atoms with Crippen LogP contribution in [0.25, 0.3) is 0 Å². The summed E-state index contributed by atoms with van der Waals surface area (Å²) in [7, 11) is 2.04. The van der Waals surface area contributed by atoms with Crippen molar-refractivity contribution in [2.75, 3.05) is 12.8 Å². The van der Waals surface area contributed by atoms with Crippen LogP contribution in [-0.2, 0) is 6.42 Å². The van der Waals surface area contributed by atoms with Crippen LogP contribution in [0, 0.1) is 0 Å². The second-order valence-corrected chi connectivity index (χ2v) is 6.57. The lowest BCUT2D eigenvalue weighted by molar-refractivity contribution is 0.549. The van der Waals surface area contributed by atoms with Gasteiger partial charge in [-0.2, -0.15) is 0 Å². The second kappa shape index (κ2) is 9.14. The van der Waals surface area contributed by atoms with Gasteiger partial charge >= 0.3 is 0 Å². The summed E-state index contributed by atoms with van der Waals surface area (Å²) in [4.78, 5) is 1.17. The summed E-state index contributed by atoms with van der Waals surface area (Å²) in [6.07, 6.45) is 3.54. The standard InChI is InChI=1S/C18H22ClNS/c1-20-16(11-7-10-15-8-3-2-4-9-15)14-21-18-13-6-5-12-17(18)19/h2-6,8-9,12-13,16,20H,7,10-11,14H2,1H3. The van der Waals surface area contributed by atoms with E-state index in [4.69, 9.17) is 11.6 Å². The first-order valence-electron chi connectivity index (χ1n) is 7.38. The summed E-state index contributed by atoms with van der Waals surface area (Å²) >= 11 is 8.03. The van der Waals surface area contributed by atoms with E-state index >= 15 is 0 Å². The van der Waals surface area contributed by atoms with Crippen LogP contribution in [0.4, 0.5) is 0 Å². The van der Waals surface area contributed by atoms with E-state index in [2.05, 4.69) is 41.7 Å². The Hall–Kier alpha value is -0.960. The molecule has 1 atom stereocenters. The number of thioether (sulfide) groups is 1. The number of benzene rings is 2. The van der Waals surface area contributed by atoms with E-state index in [1.807, 2.05) is 37.0 Å². The van der Waals surface area contributed by atoms with Crippen molar-refractivity contribution in [3.63, 3.8) is 0 Å². The minimum atomic E-state index is 0.523. The predicted octanol–water partition coefficient (Wildman–Crippen LogP) is 5.04. The third-order valence-electron chi connectivity index (χ3n) is 3.55. The predicted molar refractivity (Wildman–Crippen MR) is 94.4 cm³/mol. The summed E-state index contributed by atoms with van der Waals surface area (Å²) in [5.41, 5.74) is 1.42. The van der Waals surface area contributed by atoms with E-state index in [0.717, 1.165) is 17.2 Å². The van der Waals surface area contributed by atoms with Gasteiger partial charge in [-0.25, -0.2) is 0 Å². The first kappa shape index (κ1) is 16.4. The second-order valence-electron chi connectivity index (χ2n) is 5.10. The molecule has 1 N–H and O–H groups in total. The zero-order valence-electron chi connectivity index (χ0n) is 12.4. The molecule has 0 aliphatic heterocycles. The zero-order chi connectivity index (χ0) is 14.9. The molecule has 0 aliphatic rings. The quantitative estimate of drug-likeness (QED) is 0.684. The molecule has 3 heteroatoms. The molecular formula is C18H22ClNS. The monoisotopic (exact) mass is 319 g/mol. The van der Waals surface area contributed by atoms with Gasteiger partial charge in [0.25, 0.3) is 0 Å². The summed E-state index contributed by atoms with van der Waals surface area (Å²) in [5.74, 6) is 1.05. The van der Waals surface area contributed by atoms with Crippen LogP contribution in [0.2, 0.25) is 5.02 Å². The van der Waals surface area contributed by atoms with Crippen molar-refractivity contribution < 1.29 is 0 Å². The van der Waals surface area contributed by atoms with Gasteiger partial charge < -0.3 is 5.32 Å². The van der Waals surface area contributed by atoms with Crippen molar-refractivity contribution in [2.45, 2.75) is 30.2 Å². The highest BCUT2D eigenvalue weighted by Gasteiger charge is 2.08. The molecule has 2 rings (SSSR count). The van der Waals surface area contributed by atoms with Crippen molar-refractivity contribution in [1.29, 1.82) is 0 Å². The summed E-state index contributed by atoms with van der Waals surface area (Å²) in [6, 6.07) is 19.3. The number of halogens is 1. The molecule has 0 amide bonds. The molecule has 2 aromatic rings. The van der Waals surface area contributed by atoms with Gasteiger partial charge in [-0.3, -0.25) is 0 Å². The van der Waals surface area contributed by atoms with Gasteiger partial charge in [0.2, 0.25) is 0 Å². The van der Waals surface area contributed by atoms with Crippen molar-refractivity contribution in [3.8, 4) is 0 Å². The smallest absolute Gasteiger partial charge is 0.0541 e. The highest BCUT2D eigenvalue weighted by molar-refractivity contribution is 7.99. The van der Waals surface area contributed by atoms with E-state index < -0.39 is 0 Å². The van der Waals surface area contributed by atoms with Crippen molar-refractivity contribution >= 4 is 23.4 Å². The fraction of sp³-hybridized carbons (Fsp3) is 0.333. The van der Waals surface area contributed by atoms with E-state index in [9.17, 15) is 0 Å². The van der Waals surface area contributed by atoms with Gasteiger partial charge in [0, 0.05) is 16.7 Å². The molecule has 0 heterocycles. The van der Waals surface area contributed by atoms with Crippen LogP contribution in [0.3, 0.4) is 0 Å². The van der Waals surface area contributed by atoms with E-state index in [1.165, 1.54) is 23.3 Å². The Morgan fingerprint density at radius 1 is 1.05 bits per heavy atom. The fourth-order valence-electron chi connectivity index (χ4n) is 2.26. The summed E-state index contributed by atoms with van der Waals surface area (Å²) in [5, 5.41) is 4.26. The third-order valence-corrected chi connectivity index (χ3v) is 5.22. The molecule has 0 saturated heterocycles. The lowest BCUT2D eigenvalue weighted by Gasteiger charge is -2.16. The summed E-state index contributed by atoms with van der Waals surface area (Å²) in [6.45, 7) is 0. The molecule has 0 aromatic heterocycles. The molecule has 0 radical (unpaired) electrons. The van der Waals surface area contributed by atoms with Crippen LogP contribution < -0.4 is 5.32 Å². The van der Waals surface area contributed by atoms with Gasteiger partial charge in [0.05, 0.1) is 5.02 Å². The van der Waals surface area contributed by atoms with Crippen molar-refractivity contribution in [3.05, 3.63) is 65.2 Å². The minimum Gasteiger partial charge on any atom is -0.316 e. The number of hydrogen-bond acceptors (Lipinski definition) is 2. The lowest BCUT2D eigenvalue weighted by Crippen LogP contribution is -2.27. The average molecular weight is 320 g/mol. The van der Waals surface area contributed by atoms with E-state index in [-0.39, 0.29) is 0 Å². The Morgan fingerprint density at radius 2 is 1.76 bits per heavy atom. The lowest BCUT2D eigenvalue weighted by atomic mass is 10.1. The number of aryl methyl sites for hydroxylation is 1. The van der Waals surface area contributed by atoms with Gasteiger partial charge in [-0.1, -0.05) is 54.1 Å². The Kier molecular flexibility index (Phi) is 7.14. The SMILES string of the molecule is CNC(CCCc1ccccc1)CSc1ccccc1Cl. The molecule has 0 fully saturated rings. The Labute approximate surface area is 137 Å². The molecule has 0 aliphatic carbocycles. The van der Waals surface area contributed by atoms with Gasteiger partial charge in [0.1, 0.15) is 0 Å². The van der Waals surface area contributed by atoms with Crippen LogP contribution in [0.15, 0.2) is 59.5 Å². The van der Waals surface area contributed by atoms with Gasteiger partial charge in [-0.05, 0) is 44.0 Å². The zero-order valence-corrected chi connectivity index (χ0v) is 14.0. The highest BCUT2D eigenvalue weighted by atomic mass is 35.5. The third kappa shape index (κ3) is 5.74. The molecule has 0 spiro atoms. The van der Waals surface area contributed by atoms with Crippen molar-refractivity contribution in [2.24, 2.45) is 0 Å². The Morgan fingerprint density at radius 3 is 2.48 bits per heavy atom.